The molecule has 0 heterocycles. The maximum absolute atomic E-state index is 12.8. The number of carbonyl (C=O) groups excluding carboxylic acids is 3. The standard InChI is InChI=1S/C30H34N2O7/c1-30(2,3)39-29(36)31-18-21-10-12-22(13-11-21)19-38-23-14-15-24(26(33)17-23)27(34)32-25(28(35)37-4)16-20-8-6-5-7-9-20/h5-15,17,25,33H,16,18-19H2,1-4H3,(H,31,36)(H,32,34)/t25-/m0/s1. The predicted octanol–water partition coefficient (Wildman–Crippen LogP) is 4.51. The van der Waals surface area contributed by atoms with E-state index >= 15 is 0 Å². The molecule has 3 N–H and O–H groups in total. The van der Waals surface area contributed by atoms with Crippen molar-refractivity contribution in [2.45, 2.75) is 52.0 Å². The molecule has 206 valence electrons. The third kappa shape index (κ3) is 9.37. The number of ether oxygens (including phenoxy) is 3. The van der Waals surface area contributed by atoms with Crippen molar-refractivity contribution in [3.63, 3.8) is 0 Å². The van der Waals surface area contributed by atoms with Crippen LogP contribution in [-0.2, 0) is 33.8 Å². The average Bonchev–Trinajstić information content (AvgIpc) is 2.90. The first kappa shape index (κ1) is 29.0. The number of nitrogens with one attached hydrogen (secondary N) is 2. The Morgan fingerprint density at radius 3 is 2.18 bits per heavy atom. The van der Waals surface area contributed by atoms with E-state index in [1.807, 2.05) is 54.6 Å². The van der Waals surface area contributed by atoms with Crippen molar-refractivity contribution in [3.8, 4) is 11.5 Å². The molecule has 0 spiro atoms. The molecule has 3 aromatic rings. The fourth-order valence-electron chi connectivity index (χ4n) is 3.62. The summed E-state index contributed by atoms with van der Waals surface area (Å²) in [6.45, 7) is 5.97. The molecule has 39 heavy (non-hydrogen) atoms. The monoisotopic (exact) mass is 534 g/mol. The van der Waals surface area contributed by atoms with Gasteiger partial charge in [0.2, 0.25) is 0 Å². The van der Waals surface area contributed by atoms with E-state index in [1.54, 1.807) is 26.8 Å². The summed E-state index contributed by atoms with van der Waals surface area (Å²) in [4.78, 5) is 36.9. The van der Waals surface area contributed by atoms with Crippen molar-refractivity contribution in [2.24, 2.45) is 0 Å². The molecule has 2 amide bonds. The van der Waals surface area contributed by atoms with E-state index in [4.69, 9.17) is 14.2 Å². The van der Waals surface area contributed by atoms with Crippen LogP contribution in [0.25, 0.3) is 0 Å². The van der Waals surface area contributed by atoms with E-state index in [9.17, 15) is 19.5 Å². The molecule has 0 radical (unpaired) electrons. The van der Waals surface area contributed by atoms with Gasteiger partial charge in [0.1, 0.15) is 29.7 Å². The minimum Gasteiger partial charge on any atom is -0.507 e. The van der Waals surface area contributed by atoms with E-state index in [0.717, 1.165) is 16.7 Å². The maximum Gasteiger partial charge on any atom is 0.407 e. The fraction of sp³-hybridized carbons (Fsp3) is 0.300. The minimum absolute atomic E-state index is 0.00570. The number of amides is 2. The lowest BCUT2D eigenvalue weighted by Gasteiger charge is -2.19. The summed E-state index contributed by atoms with van der Waals surface area (Å²) in [5.74, 6) is -1.11. The zero-order valence-corrected chi connectivity index (χ0v) is 22.5. The number of phenolic OH excluding ortho intramolecular Hbond substituents is 1. The number of rotatable bonds is 10. The highest BCUT2D eigenvalue weighted by Crippen LogP contribution is 2.25. The van der Waals surface area contributed by atoms with Crippen molar-refractivity contribution in [1.29, 1.82) is 0 Å². The Bertz CT molecular complexity index is 1270. The van der Waals surface area contributed by atoms with E-state index in [2.05, 4.69) is 10.6 Å². The van der Waals surface area contributed by atoms with Gasteiger partial charge in [-0.2, -0.15) is 0 Å². The summed E-state index contributed by atoms with van der Waals surface area (Å²) in [5.41, 5.74) is 2.07. The number of hydrogen-bond donors (Lipinski definition) is 3. The molecule has 0 bridgehead atoms. The van der Waals surface area contributed by atoms with Gasteiger partial charge in [-0.05, 0) is 49.6 Å². The van der Waals surface area contributed by atoms with Crippen molar-refractivity contribution < 1.29 is 33.7 Å². The predicted molar refractivity (Wildman–Crippen MR) is 145 cm³/mol. The Labute approximate surface area is 228 Å². The van der Waals surface area contributed by atoms with Gasteiger partial charge in [0.25, 0.3) is 5.91 Å². The summed E-state index contributed by atoms with van der Waals surface area (Å²) in [7, 11) is 1.25. The minimum atomic E-state index is -0.914. The maximum atomic E-state index is 12.8. The van der Waals surface area contributed by atoms with Crippen LogP contribution in [0.4, 0.5) is 4.79 Å². The Kier molecular flexibility index (Phi) is 9.92. The Morgan fingerprint density at radius 2 is 1.56 bits per heavy atom. The van der Waals surface area contributed by atoms with Crippen LogP contribution < -0.4 is 15.4 Å². The number of phenols is 1. The molecular formula is C30H34N2O7. The Hall–Kier alpha value is -4.53. The number of hydrogen-bond acceptors (Lipinski definition) is 7. The van der Waals surface area contributed by atoms with Crippen LogP contribution in [0.1, 0.15) is 47.8 Å². The highest BCUT2D eigenvalue weighted by atomic mass is 16.6. The number of carbonyl (C=O) groups is 3. The summed E-state index contributed by atoms with van der Waals surface area (Å²) in [5, 5.41) is 15.8. The quantitative estimate of drug-likeness (QED) is 0.327. The van der Waals surface area contributed by atoms with Gasteiger partial charge in [0.15, 0.2) is 0 Å². The molecule has 3 aromatic carbocycles. The Morgan fingerprint density at radius 1 is 0.897 bits per heavy atom. The summed E-state index contributed by atoms with van der Waals surface area (Å²) in [6.07, 6.45) is -0.235. The number of benzene rings is 3. The third-order valence-corrected chi connectivity index (χ3v) is 5.55. The van der Waals surface area contributed by atoms with Crippen molar-refractivity contribution in [2.75, 3.05) is 7.11 Å². The van der Waals surface area contributed by atoms with Gasteiger partial charge in [-0.25, -0.2) is 9.59 Å². The second kappa shape index (κ2) is 13.3. The van der Waals surface area contributed by atoms with Crippen molar-refractivity contribution in [3.05, 3.63) is 95.1 Å². The van der Waals surface area contributed by atoms with Crippen LogP contribution in [0, 0.1) is 0 Å². The van der Waals surface area contributed by atoms with Crippen LogP contribution in [0.15, 0.2) is 72.8 Å². The second-order valence-corrected chi connectivity index (χ2v) is 9.88. The van der Waals surface area contributed by atoms with Crippen molar-refractivity contribution >= 4 is 18.0 Å². The number of methoxy groups -OCH3 is 1. The first-order valence-corrected chi connectivity index (χ1v) is 12.5. The van der Waals surface area contributed by atoms with Crippen LogP contribution in [0.2, 0.25) is 0 Å². The third-order valence-electron chi connectivity index (χ3n) is 5.55. The van der Waals surface area contributed by atoms with Gasteiger partial charge in [0, 0.05) is 19.0 Å². The molecule has 0 aromatic heterocycles. The average molecular weight is 535 g/mol. The van der Waals surface area contributed by atoms with Gasteiger partial charge < -0.3 is 30.0 Å². The SMILES string of the molecule is COC(=O)[C@H](Cc1ccccc1)NC(=O)c1ccc(OCc2ccc(CNC(=O)OC(C)(C)C)cc2)cc1O. The van der Waals surface area contributed by atoms with Gasteiger partial charge in [-0.1, -0.05) is 54.6 Å². The summed E-state index contributed by atoms with van der Waals surface area (Å²) in [6, 6.07) is 20.1. The normalized spacial score (nSPS) is 11.7. The van der Waals surface area contributed by atoms with Crippen LogP contribution in [0.3, 0.4) is 0 Å². The van der Waals surface area contributed by atoms with Crippen LogP contribution >= 0.6 is 0 Å². The van der Waals surface area contributed by atoms with E-state index in [-0.39, 0.29) is 24.3 Å². The number of aromatic hydroxyl groups is 1. The molecule has 0 aliphatic heterocycles. The smallest absolute Gasteiger partial charge is 0.407 e. The lowest BCUT2D eigenvalue weighted by atomic mass is 10.1. The molecule has 9 nitrogen and oxygen atoms in total. The van der Waals surface area contributed by atoms with Gasteiger partial charge in [-0.15, -0.1) is 0 Å². The molecule has 0 fully saturated rings. The van der Waals surface area contributed by atoms with Crippen LogP contribution in [-0.4, -0.2) is 41.8 Å². The largest absolute Gasteiger partial charge is 0.507 e. The summed E-state index contributed by atoms with van der Waals surface area (Å²) >= 11 is 0. The summed E-state index contributed by atoms with van der Waals surface area (Å²) < 4.78 is 15.8. The van der Waals surface area contributed by atoms with Gasteiger partial charge >= 0.3 is 12.1 Å². The van der Waals surface area contributed by atoms with Gasteiger partial charge in [0.05, 0.1) is 12.7 Å². The highest BCUT2D eigenvalue weighted by molar-refractivity contribution is 5.99. The first-order valence-electron chi connectivity index (χ1n) is 12.5. The lowest BCUT2D eigenvalue weighted by molar-refractivity contribution is -0.142. The van der Waals surface area contributed by atoms with E-state index in [1.165, 1.54) is 19.2 Å². The topological polar surface area (TPSA) is 123 Å². The molecule has 0 aliphatic rings. The molecule has 0 aliphatic carbocycles. The zero-order valence-electron chi connectivity index (χ0n) is 22.5. The molecule has 9 heteroatoms. The molecular weight excluding hydrogens is 500 g/mol. The molecule has 3 rings (SSSR count). The molecule has 0 saturated heterocycles. The first-order chi connectivity index (χ1) is 18.5. The highest BCUT2D eigenvalue weighted by Gasteiger charge is 2.24. The molecule has 0 saturated carbocycles. The molecule has 0 unspecified atom stereocenters. The number of alkyl carbamates (subject to hydrolysis) is 1. The second-order valence-electron chi connectivity index (χ2n) is 9.88. The van der Waals surface area contributed by atoms with E-state index < -0.39 is 29.6 Å². The molecule has 1 atom stereocenters. The van der Waals surface area contributed by atoms with Gasteiger partial charge in [-0.3, -0.25) is 4.79 Å². The lowest BCUT2D eigenvalue weighted by Crippen LogP contribution is -2.43. The van der Waals surface area contributed by atoms with Crippen molar-refractivity contribution in [1.82, 2.24) is 10.6 Å². The zero-order chi connectivity index (χ0) is 28.4. The van der Waals surface area contributed by atoms with E-state index in [0.29, 0.717) is 12.3 Å². The Balaban J connectivity index is 1.55. The fourth-order valence-corrected chi connectivity index (χ4v) is 3.62. The number of esters is 1. The van der Waals surface area contributed by atoms with Crippen LogP contribution in [0.5, 0.6) is 11.5 Å².